The number of nitrogens with zero attached hydrogens (tertiary/aromatic N) is 1. The number of amides is 2. The highest BCUT2D eigenvalue weighted by atomic mass is 16.6. The average Bonchev–Trinajstić information content (AvgIpc) is 2.62. The molecular formula is C18H24N2O6. The Hall–Kier alpha value is -2.90. The van der Waals surface area contributed by atoms with Crippen LogP contribution in [0.2, 0.25) is 0 Å². The third-order valence-corrected chi connectivity index (χ3v) is 3.42. The first-order valence-corrected chi connectivity index (χ1v) is 8.31. The number of carbonyl (C=O) groups excluding carboxylic acids is 4. The van der Waals surface area contributed by atoms with Crippen LogP contribution in [0.15, 0.2) is 24.3 Å². The van der Waals surface area contributed by atoms with Gasteiger partial charge in [0.25, 0.3) is 5.91 Å². The minimum absolute atomic E-state index is 0.0671. The number of ketones is 1. The molecular weight excluding hydrogens is 340 g/mol. The van der Waals surface area contributed by atoms with Gasteiger partial charge in [0.15, 0.2) is 19.0 Å². The molecule has 1 aromatic carbocycles. The van der Waals surface area contributed by atoms with Crippen LogP contribution >= 0.6 is 0 Å². The van der Waals surface area contributed by atoms with Crippen molar-refractivity contribution in [2.45, 2.75) is 20.8 Å². The molecule has 0 saturated heterocycles. The molecule has 0 aliphatic rings. The van der Waals surface area contributed by atoms with Crippen LogP contribution in [0.4, 0.5) is 0 Å². The fourth-order valence-electron chi connectivity index (χ4n) is 2.01. The van der Waals surface area contributed by atoms with Crippen molar-refractivity contribution in [3.05, 3.63) is 29.8 Å². The van der Waals surface area contributed by atoms with Crippen molar-refractivity contribution >= 4 is 23.6 Å². The molecule has 0 atom stereocenters. The topological polar surface area (TPSA) is 102 Å². The molecule has 8 nitrogen and oxygen atoms in total. The summed E-state index contributed by atoms with van der Waals surface area (Å²) in [6.45, 7) is 4.86. The number of benzene rings is 1. The Morgan fingerprint density at radius 1 is 1.04 bits per heavy atom. The average molecular weight is 364 g/mol. The van der Waals surface area contributed by atoms with Crippen LogP contribution in [0, 0.1) is 0 Å². The standard InChI is InChI=1S/C18H24N2O6/c1-4-19-16(22)10-20(5-2)17(23)11-26-18(24)12-25-15-8-6-14(7-9-15)13(3)21/h6-9H,4-5,10-12H2,1-3H3,(H,19,22). The van der Waals surface area contributed by atoms with Gasteiger partial charge in [0.2, 0.25) is 5.91 Å². The van der Waals surface area contributed by atoms with Crippen molar-refractivity contribution < 1.29 is 28.7 Å². The van der Waals surface area contributed by atoms with Gasteiger partial charge in [-0.05, 0) is 45.0 Å². The third-order valence-electron chi connectivity index (χ3n) is 3.42. The lowest BCUT2D eigenvalue weighted by Gasteiger charge is -2.20. The summed E-state index contributed by atoms with van der Waals surface area (Å²) in [5.41, 5.74) is 0.539. The molecule has 8 heteroatoms. The van der Waals surface area contributed by atoms with Crippen LogP contribution in [-0.4, -0.2) is 61.3 Å². The molecule has 0 radical (unpaired) electrons. The molecule has 0 saturated carbocycles. The lowest BCUT2D eigenvalue weighted by Crippen LogP contribution is -2.42. The maximum Gasteiger partial charge on any atom is 0.344 e. The maximum absolute atomic E-state index is 12.0. The SMILES string of the molecule is CCNC(=O)CN(CC)C(=O)COC(=O)COc1ccc(C(C)=O)cc1. The Bertz CT molecular complexity index is 642. The monoisotopic (exact) mass is 364 g/mol. The van der Waals surface area contributed by atoms with Crippen LogP contribution in [0.3, 0.4) is 0 Å². The van der Waals surface area contributed by atoms with Crippen LogP contribution in [0.1, 0.15) is 31.1 Å². The van der Waals surface area contributed by atoms with Gasteiger partial charge in [0, 0.05) is 18.7 Å². The molecule has 0 heterocycles. The highest BCUT2D eigenvalue weighted by Crippen LogP contribution is 2.12. The van der Waals surface area contributed by atoms with Crippen molar-refractivity contribution in [3.8, 4) is 5.75 Å². The molecule has 0 aromatic heterocycles. The number of ether oxygens (including phenoxy) is 2. The molecule has 1 aromatic rings. The van der Waals surface area contributed by atoms with E-state index in [1.54, 1.807) is 38.1 Å². The fourth-order valence-corrected chi connectivity index (χ4v) is 2.01. The molecule has 1 rings (SSSR count). The zero-order valence-corrected chi connectivity index (χ0v) is 15.2. The predicted octanol–water partition coefficient (Wildman–Crippen LogP) is 0.796. The number of esters is 1. The highest BCUT2D eigenvalue weighted by molar-refractivity contribution is 5.94. The van der Waals surface area contributed by atoms with Gasteiger partial charge in [-0.2, -0.15) is 0 Å². The molecule has 142 valence electrons. The van der Waals surface area contributed by atoms with E-state index in [-0.39, 0.29) is 24.8 Å². The number of Topliss-reactive ketones (excluding diaryl/α,β-unsaturated/α-hetero) is 1. The second kappa shape index (κ2) is 10.9. The number of hydrogen-bond acceptors (Lipinski definition) is 6. The van der Waals surface area contributed by atoms with Gasteiger partial charge < -0.3 is 19.7 Å². The fraction of sp³-hybridized carbons (Fsp3) is 0.444. The Balaban J connectivity index is 2.39. The van der Waals surface area contributed by atoms with E-state index in [4.69, 9.17) is 9.47 Å². The largest absolute Gasteiger partial charge is 0.482 e. The third kappa shape index (κ3) is 7.33. The van der Waals surface area contributed by atoms with E-state index in [2.05, 4.69) is 5.32 Å². The van der Waals surface area contributed by atoms with E-state index < -0.39 is 18.5 Å². The van der Waals surface area contributed by atoms with Crippen LogP contribution < -0.4 is 10.1 Å². The number of likely N-dealkylation sites (N-methyl/N-ethyl adjacent to an activating group) is 2. The highest BCUT2D eigenvalue weighted by Gasteiger charge is 2.17. The van der Waals surface area contributed by atoms with Gasteiger partial charge in [0.05, 0.1) is 6.54 Å². The molecule has 0 fully saturated rings. The molecule has 1 N–H and O–H groups in total. The summed E-state index contributed by atoms with van der Waals surface area (Å²) in [6, 6.07) is 6.32. The Kier molecular flexibility index (Phi) is 8.83. The van der Waals surface area contributed by atoms with E-state index in [0.717, 1.165) is 0 Å². The summed E-state index contributed by atoms with van der Waals surface area (Å²) in [6.07, 6.45) is 0. The molecule has 0 bridgehead atoms. The summed E-state index contributed by atoms with van der Waals surface area (Å²) in [7, 11) is 0. The zero-order chi connectivity index (χ0) is 19.5. The summed E-state index contributed by atoms with van der Waals surface area (Å²) in [5.74, 6) is -1.10. The van der Waals surface area contributed by atoms with E-state index in [0.29, 0.717) is 24.4 Å². The van der Waals surface area contributed by atoms with Gasteiger partial charge >= 0.3 is 5.97 Å². The Morgan fingerprint density at radius 2 is 1.69 bits per heavy atom. The summed E-state index contributed by atoms with van der Waals surface area (Å²) in [5, 5.41) is 2.60. The number of nitrogens with one attached hydrogen (secondary N) is 1. The van der Waals surface area contributed by atoms with Crippen molar-refractivity contribution in [2.24, 2.45) is 0 Å². The van der Waals surface area contributed by atoms with Crippen LogP contribution in [-0.2, 0) is 19.1 Å². The zero-order valence-electron chi connectivity index (χ0n) is 15.2. The molecule has 0 aliphatic heterocycles. The normalized spacial score (nSPS) is 9.96. The van der Waals surface area contributed by atoms with Crippen LogP contribution in [0.25, 0.3) is 0 Å². The predicted molar refractivity (Wildman–Crippen MR) is 93.8 cm³/mol. The molecule has 26 heavy (non-hydrogen) atoms. The van der Waals surface area contributed by atoms with E-state index in [9.17, 15) is 19.2 Å². The lowest BCUT2D eigenvalue weighted by atomic mass is 10.1. The number of rotatable bonds is 10. The van der Waals surface area contributed by atoms with Gasteiger partial charge in [-0.1, -0.05) is 0 Å². The second-order valence-corrected chi connectivity index (χ2v) is 5.39. The number of carbonyl (C=O) groups is 4. The number of hydrogen-bond donors (Lipinski definition) is 1. The smallest absolute Gasteiger partial charge is 0.344 e. The van der Waals surface area contributed by atoms with Crippen molar-refractivity contribution in [1.82, 2.24) is 10.2 Å². The first kappa shape index (κ1) is 21.1. The summed E-state index contributed by atoms with van der Waals surface area (Å²) >= 11 is 0. The van der Waals surface area contributed by atoms with Crippen molar-refractivity contribution in [1.29, 1.82) is 0 Å². The lowest BCUT2D eigenvalue weighted by molar-refractivity contribution is -0.154. The minimum Gasteiger partial charge on any atom is -0.482 e. The Labute approximate surface area is 152 Å². The molecule has 0 aliphatic carbocycles. The van der Waals surface area contributed by atoms with Gasteiger partial charge in [-0.25, -0.2) is 4.79 Å². The maximum atomic E-state index is 12.0. The Morgan fingerprint density at radius 3 is 2.23 bits per heavy atom. The van der Waals surface area contributed by atoms with Crippen LogP contribution in [0.5, 0.6) is 5.75 Å². The van der Waals surface area contributed by atoms with E-state index in [1.807, 2.05) is 0 Å². The van der Waals surface area contributed by atoms with Crippen molar-refractivity contribution in [2.75, 3.05) is 32.8 Å². The van der Waals surface area contributed by atoms with E-state index in [1.165, 1.54) is 11.8 Å². The molecule has 0 unspecified atom stereocenters. The molecule has 0 spiro atoms. The van der Waals surface area contributed by atoms with Gasteiger partial charge in [-0.15, -0.1) is 0 Å². The quantitative estimate of drug-likeness (QED) is 0.487. The second-order valence-electron chi connectivity index (χ2n) is 5.39. The van der Waals surface area contributed by atoms with E-state index >= 15 is 0 Å². The summed E-state index contributed by atoms with van der Waals surface area (Å²) < 4.78 is 10.1. The minimum atomic E-state index is -0.706. The molecule has 2 amide bonds. The van der Waals surface area contributed by atoms with Gasteiger partial charge in [0.1, 0.15) is 5.75 Å². The first-order chi connectivity index (χ1) is 12.4. The summed E-state index contributed by atoms with van der Waals surface area (Å²) in [4.78, 5) is 47.7. The van der Waals surface area contributed by atoms with Gasteiger partial charge in [-0.3, -0.25) is 14.4 Å². The first-order valence-electron chi connectivity index (χ1n) is 8.31. The van der Waals surface area contributed by atoms with Crippen molar-refractivity contribution in [3.63, 3.8) is 0 Å².